The minimum absolute atomic E-state index is 0. The molecular formula is C23H51NO6. The number of carboxylic acid groups (broad SMARTS) is 1. The highest BCUT2D eigenvalue weighted by atomic mass is 16.4. The molecule has 0 unspecified atom stereocenters. The third-order valence-electron chi connectivity index (χ3n) is 5.34. The van der Waals surface area contributed by atoms with Gasteiger partial charge in [0, 0.05) is 6.42 Å². The summed E-state index contributed by atoms with van der Waals surface area (Å²) in [5.74, 6) is -0.653. The first kappa shape index (κ1) is 33.9. The molecule has 0 bridgehead atoms. The molecule has 8 N–H and O–H groups in total. The van der Waals surface area contributed by atoms with Crippen molar-refractivity contribution in [2.45, 2.75) is 110 Å². The number of rotatable bonds is 20. The molecular weight excluding hydrogens is 386 g/mol. The molecule has 0 aromatic carbocycles. The smallest absolute Gasteiger partial charge is 0.303 e. The van der Waals surface area contributed by atoms with Crippen molar-refractivity contribution in [3.8, 4) is 0 Å². The van der Waals surface area contributed by atoms with Gasteiger partial charge in [0.05, 0.1) is 31.8 Å². The third kappa shape index (κ3) is 23.5. The summed E-state index contributed by atoms with van der Waals surface area (Å²) in [5, 5.41) is 42.5. The lowest BCUT2D eigenvalue weighted by atomic mass is 9.93. The summed E-state index contributed by atoms with van der Waals surface area (Å²) >= 11 is 0. The number of aliphatic hydroxyl groups excluding tert-OH is 4. The Bertz CT molecular complexity index is 320. The van der Waals surface area contributed by atoms with E-state index in [1.54, 1.807) is 0 Å². The second kappa shape index (κ2) is 26.3. The van der Waals surface area contributed by atoms with E-state index < -0.39 is 37.8 Å². The van der Waals surface area contributed by atoms with Gasteiger partial charge in [-0.3, -0.25) is 4.79 Å². The average Bonchev–Trinajstić information content (AvgIpc) is 2.73. The monoisotopic (exact) mass is 437 g/mol. The summed E-state index contributed by atoms with van der Waals surface area (Å²) < 4.78 is 0. The number of carbonyl (C=O) groups is 1. The number of hydrogen-bond donors (Lipinski definition) is 6. The fourth-order valence-corrected chi connectivity index (χ4v) is 2.95. The van der Waals surface area contributed by atoms with Gasteiger partial charge in [-0.15, -0.1) is 0 Å². The lowest BCUT2D eigenvalue weighted by molar-refractivity contribution is -0.137. The van der Waals surface area contributed by atoms with Gasteiger partial charge in [-0.1, -0.05) is 96.8 Å². The molecule has 7 heteroatoms. The molecule has 0 aliphatic rings. The van der Waals surface area contributed by atoms with Crippen LogP contribution in [0.2, 0.25) is 0 Å². The molecule has 0 fully saturated rings. The molecule has 0 aliphatic heterocycles. The number of hydrogen-bond acceptors (Lipinski definition) is 6. The molecule has 0 spiro atoms. The fraction of sp³-hybridized carbons (Fsp3) is 0.957. The molecule has 0 aromatic heterocycles. The Kier molecular flexibility index (Phi) is 29.7. The van der Waals surface area contributed by atoms with Crippen LogP contribution in [0.3, 0.4) is 0 Å². The normalized spacial score (nSPS) is 10.8. The van der Waals surface area contributed by atoms with E-state index in [4.69, 9.17) is 25.5 Å². The predicted octanol–water partition coefficient (Wildman–Crippen LogP) is 4.44. The van der Waals surface area contributed by atoms with E-state index in [9.17, 15) is 4.79 Å². The van der Waals surface area contributed by atoms with Gasteiger partial charge >= 0.3 is 5.97 Å². The van der Waals surface area contributed by atoms with E-state index >= 15 is 0 Å². The van der Waals surface area contributed by atoms with Gasteiger partial charge in [0.25, 0.3) is 0 Å². The van der Waals surface area contributed by atoms with Gasteiger partial charge in [0.1, 0.15) is 0 Å². The van der Waals surface area contributed by atoms with Crippen LogP contribution in [0.1, 0.15) is 110 Å². The molecule has 184 valence electrons. The summed E-state index contributed by atoms with van der Waals surface area (Å²) in [6.07, 6.45) is 20.2. The van der Waals surface area contributed by atoms with Crippen LogP contribution in [0.15, 0.2) is 0 Å². The molecule has 0 rings (SSSR count). The fourth-order valence-electron chi connectivity index (χ4n) is 2.95. The van der Waals surface area contributed by atoms with Crippen LogP contribution < -0.4 is 6.15 Å². The molecule has 0 saturated heterocycles. The van der Waals surface area contributed by atoms with E-state index in [1.807, 2.05) is 0 Å². The first-order valence-corrected chi connectivity index (χ1v) is 11.7. The van der Waals surface area contributed by atoms with Crippen LogP contribution in [-0.2, 0) is 4.79 Å². The molecule has 0 radical (unpaired) electrons. The summed E-state index contributed by atoms with van der Waals surface area (Å²) in [6.45, 7) is 0.645. The second-order valence-electron chi connectivity index (χ2n) is 8.23. The Labute approximate surface area is 184 Å². The van der Waals surface area contributed by atoms with Gasteiger partial charge in [-0.2, -0.15) is 0 Å². The Hall–Kier alpha value is -0.730. The second-order valence-corrected chi connectivity index (χ2v) is 8.23. The third-order valence-corrected chi connectivity index (χ3v) is 5.34. The number of aliphatic hydroxyl groups is 4. The van der Waals surface area contributed by atoms with Crippen LogP contribution in [0.25, 0.3) is 0 Å². The Morgan fingerprint density at radius 1 is 0.567 bits per heavy atom. The predicted molar refractivity (Wildman–Crippen MR) is 123 cm³/mol. The van der Waals surface area contributed by atoms with E-state index in [2.05, 4.69) is 6.92 Å². The largest absolute Gasteiger partial charge is 0.481 e. The Morgan fingerprint density at radius 2 is 0.833 bits per heavy atom. The van der Waals surface area contributed by atoms with Gasteiger partial charge in [-0.05, 0) is 6.42 Å². The minimum atomic E-state index is -1.11. The highest BCUT2D eigenvalue weighted by Gasteiger charge is 2.26. The first-order valence-electron chi connectivity index (χ1n) is 11.7. The lowest BCUT2D eigenvalue weighted by Gasteiger charge is -2.23. The maximum atomic E-state index is 10.3. The molecule has 0 heterocycles. The van der Waals surface area contributed by atoms with Crippen LogP contribution in [0, 0.1) is 5.41 Å². The van der Waals surface area contributed by atoms with Crippen LogP contribution in [0.5, 0.6) is 0 Å². The van der Waals surface area contributed by atoms with Gasteiger partial charge in [0.2, 0.25) is 0 Å². The van der Waals surface area contributed by atoms with Crippen molar-refractivity contribution in [3.05, 3.63) is 0 Å². The molecule has 30 heavy (non-hydrogen) atoms. The van der Waals surface area contributed by atoms with Crippen LogP contribution in [-0.4, -0.2) is 57.9 Å². The zero-order valence-corrected chi connectivity index (χ0v) is 19.5. The number of aliphatic carboxylic acids is 1. The molecule has 0 aliphatic carbocycles. The van der Waals surface area contributed by atoms with Crippen molar-refractivity contribution >= 4 is 5.97 Å². The standard InChI is InChI=1S/C18H36O2.C5H12O4.H3N/c1-2-3-4-5-6-7-8-9-10-11-12-13-14-15-16-17-18(19)20;6-1-5(2-7,3-8)4-9;/h2-17H2,1H3,(H,19,20);6-9H,1-4H2;1H3. The van der Waals surface area contributed by atoms with E-state index in [0.29, 0.717) is 6.42 Å². The summed E-state index contributed by atoms with van der Waals surface area (Å²) in [5.41, 5.74) is -1.11. The van der Waals surface area contributed by atoms with E-state index in [1.165, 1.54) is 83.5 Å². The summed E-state index contributed by atoms with van der Waals surface area (Å²) in [4.78, 5) is 10.3. The maximum absolute atomic E-state index is 10.3. The molecule has 7 nitrogen and oxygen atoms in total. The van der Waals surface area contributed by atoms with Crippen molar-refractivity contribution in [1.29, 1.82) is 0 Å². The van der Waals surface area contributed by atoms with Crippen LogP contribution >= 0.6 is 0 Å². The quantitative estimate of drug-likeness (QED) is 0.154. The zero-order chi connectivity index (χ0) is 22.2. The molecule has 0 saturated carbocycles. The Balaban J connectivity index is -0.000000616. The van der Waals surface area contributed by atoms with Crippen molar-refractivity contribution in [1.82, 2.24) is 6.15 Å². The SMILES string of the molecule is CCCCCCCCCCCCCCCCCC(=O)O.N.OCC(CO)(CO)CO. The van der Waals surface area contributed by atoms with Crippen molar-refractivity contribution in [2.75, 3.05) is 26.4 Å². The summed E-state index contributed by atoms with van der Waals surface area (Å²) in [6, 6.07) is 0. The maximum Gasteiger partial charge on any atom is 0.303 e. The van der Waals surface area contributed by atoms with Gasteiger partial charge < -0.3 is 31.7 Å². The van der Waals surface area contributed by atoms with Crippen molar-refractivity contribution in [2.24, 2.45) is 5.41 Å². The van der Waals surface area contributed by atoms with Gasteiger partial charge in [-0.25, -0.2) is 0 Å². The highest BCUT2D eigenvalue weighted by Crippen LogP contribution is 2.14. The molecule has 0 amide bonds. The topological polar surface area (TPSA) is 153 Å². The van der Waals surface area contributed by atoms with Gasteiger partial charge in [0.15, 0.2) is 0 Å². The van der Waals surface area contributed by atoms with Crippen LogP contribution in [0.4, 0.5) is 0 Å². The number of unbranched alkanes of at least 4 members (excludes halogenated alkanes) is 14. The average molecular weight is 438 g/mol. The molecule has 0 atom stereocenters. The minimum Gasteiger partial charge on any atom is -0.481 e. The highest BCUT2D eigenvalue weighted by molar-refractivity contribution is 5.66. The zero-order valence-electron chi connectivity index (χ0n) is 19.5. The van der Waals surface area contributed by atoms with Crippen molar-refractivity contribution < 1.29 is 30.3 Å². The lowest BCUT2D eigenvalue weighted by Crippen LogP contribution is -2.37. The molecule has 0 aromatic rings. The summed E-state index contributed by atoms with van der Waals surface area (Å²) in [7, 11) is 0. The van der Waals surface area contributed by atoms with E-state index in [0.717, 1.165) is 12.8 Å². The first-order chi connectivity index (χ1) is 14.0. The number of carboxylic acids is 1. The van der Waals surface area contributed by atoms with E-state index in [-0.39, 0.29) is 6.15 Å². The van der Waals surface area contributed by atoms with Crippen molar-refractivity contribution in [3.63, 3.8) is 0 Å². The Morgan fingerprint density at radius 3 is 1.03 bits per heavy atom.